The Morgan fingerprint density at radius 2 is 1.83 bits per heavy atom. The number of nitro groups is 1. The average molecular weight is 335 g/mol. The van der Waals surface area contributed by atoms with Crippen molar-refractivity contribution in [3.8, 4) is 5.75 Å². The van der Waals surface area contributed by atoms with Crippen molar-refractivity contribution in [3.63, 3.8) is 0 Å². The first-order valence-corrected chi connectivity index (χ1v) is 8.54. The molecule has 7 nitrogen and oxygen atoms in total. The smallest absolute Gasteiger partial charge is 0.343 e. The fourth-order valence-corrected chi connectivity index (χ4v) is 2.66. The highest BCUT2D eigenvalue weighted by Gasteiger charge is 2.12. The first-order chi connectivity index (χ1) is 10.7. The van der Waals surface area contributed by atoms with Crippen molar-refractivity contribution in [1.82, 2.24) is 0 Å². The van der Waals surface area contributed by atoms with Gasteiger partial charge >= 0.3 is 5.97 Å². The molecule has 0 saturated carbocycles. The molecule has 0 atom stereocenters. The van der Waals surface area contributed by atoms with E-state index in [1.54, 1.807) is 0 Å². The highest BCUT2D eigenvalue weighted by molar-refractivity contribution is 7.89. The fourth-order valence-electron chi connectivity index (χ4n) is 1.87. The Hall–Kier alpha value is -2.74. The van der Waals surface area contributed by atoms with Gasteiger partial charge in [0.1, 0.15) is 5.75 Å². The lowest BCUT2D eigenvalue weighted by molar-refractivity contribution is -0.384. The first kappa shape index (κ1) is 16.6. The van der Waals surface area contributed by atoms with Crippen LogP contribution in [0, 0.1) is 10.1 Å². The standard InChI is InChI=1S/C15H13NO6S/c1-23(20,21)10-11-5-7-12(8-6-11)15(17)22-14-4-2-3-13(9-14)16(18)19/h2-9H,10H2,1H3. The van der Waals surface area contributed by atoms with Crippen LogP contribution in [0.4, 0.5) is 5.69 Å². The molecule has 2 aromatic rings. The molecule has 0 bridgehead atoms. The van der Waals surface area contributed by atoms with Crippen LogP contribution in [0.5, 0.6) is 5.75 Å². The van der Waals surface area contributed by atoms with E-state index in [0.29, 0.717) is 5.56 Å². The SMILES string of the molecule is CS(=O)(=O)Cc1ccc(C(=O)Oc2cccc([N+](=O)[O-])c2)cc1. The molecule has 0 N–H and O–H groups in total. The van der Waals surface area contributed by atoms with Crippen LogP contribution < -0.4 is 4.74 Å². The third-order valence-corrected chi connectivity index (χ3v) is 3.72. The van der Waals surface area contributed by atoms with E-state index in [1.165, 1.54) is 42.5 Å². The van der Waals surface area contributed by atoms with Crippen LogP contribution in [0.3, 0.4) is 0 Å². The molecule has 0 aromatic heterocycles. The maximum Gasteiger partial charge on any atom is 0.343 e. The molecule has 0 radical (unpaired) electrons. The monoisotopic (exact) mass is 335 g/mol. The van der Waals surface area contributed by atoms with Crippen LogP contribution in [-0.2, 0) is 15.6 Å². The molecule has 2 rings (SSSR count). The van der Waals surface area contributed by atoms with Crippen LogP contribution in [0.25, 0.3) is 0 Å². The number of non-ortho nitro benzene ring substituents is 1. The Kier molecular flexibility index (Phi) is 4.75. The van der Waals surface area contributed by atoms with Crippen LogP contribution in [0.1, 0.15) is 15.9 Å². The number of hydrogen-bond acceptors (Lipinski definition) is 6. The molecule has 0 aliphatic carbocycles. The number of nitro benzene ring substituents is 1. The number of sulfone groups is 1. The molecule has 120 valence electrons. The van der Waals surface area contributed by atoms with Gasteiger partial charge in [0.2, 0.25) is 0 Å². The van der Waals surface area contributed by atoms with Gasteiger partial charge in [0.05, 0.1) is 22.3 Å². The van der Waals surface area contributed by atoms with Crippen molar-refractivity contribution in [2.45, 2.75) is 5.75 Å². The number of ether oxygens (including phenoxy) is 1. The third kappa shape index (κ3) is 4.89. The summed E-state index contributed by atoms with van der Waals surface area (Å²) >= 11 is 0. The predicted octanol–water partition coefficient (Wildman–Crippen LogP) is 2.36. The Balaban J connectivity index is 2.12. The minimum Gasteiger partial charge on any atom is -0.423 e. The highest BCUT2D eigenvalue weighted by Crippen LogP contribution is 2.20. The Morgan fingerprint density at radius 1 is 1.17 bits per heavy atom. The van der Waals surface area contributed by atoms with Gasteiger partial charge in [-0.15, -0.1) is 0 Å². The van der Waals surface area contributed by atoms with Crippen LogP contribution in [-0.4, -0.2) is 25.6 Å². The van der Waals surface area contributed by atoms with E-state index in [0.717, 1.165) is 12.3 Å². The first-order valence-electron chi connectivity index (χ1n) is 6.48. The lowest BCUT2D eigenvalue weighted by atomic mass is 10.1. The molecular formula is C15H13NO6S. The molecule has 0 amide bonds. The van der Waals surface area contributed by atoms with Gasteiger partial charge in [0, 0.05) is 12.3 Å². The van der Waals surface area contributed by atoms with Gasteiger partial charge < -0.3 is 4.74 Å². The van der Waals surface area contributed by atoms with Gasteiger partial charge in [-0.2, -0.15) is 0 Å². The summed E-state index contributed by atoms with van der Waals surface area (Å²) in [5, 5.41) is 10.7. The summed E-state index contributed by atoms with van der Waals surface area (Å²) < 4.78 is 27.5. The number of nitrogens with zero attached hydrogens (tertiary/aromatic N) is 1. The van der Waals surface area contributed by atoms with E-state index in [2.05, 4.69) is 0 Å². The molecule has 0 unspecified atom stereocenters. The van der Waals surface area contributed by atoms with E-state index in [1.807, 2.05) is 0 Å². The zero-order valence-corrected chi connectivity index (χ0v) is 12.9. The number of esters is 1. The molecule has 0 saturated heterocycles. The maximum atomic E-state index is 12.0. The van der Waals surface area contributed by atoms with Crippen LogP contribution in [0.2, 0.25) is 0 Å². The second kappa shape index (κ2) is 6.57. The van der Waals surface area contributed by atoms with Gasteiger partial charge in [-0.1, -0.05) is 18.2 Å². The molecule has 23 heavy (non-hydrogen) atoms. The maximum absolute atomic E-state index is 12.0. The number of carbonyl (C=O) groups excluding carboxylic acids is 1. The van der Waals surface area contributed by atoms with Gasteiger partial charge in [0.25, 0.3) is 5.69 Å². The van der Waals surface area contributed by atoms with E-state index in [9.17, 15) is 23.3 Å². The van der Waals surface area contributed by atoms with Gasteiger partial charge in [0.15, 0.2) is 9.84 Å². The van der Waals surface area contributed by atoms with E-state index in [4.69, 9.17) is 4.74 Å². The van der Waals surface area contributed by atoms with Crippen molar-refractivity contribution in [2.24, 2.45) is 0 Å². The predicted molar refractivity (Wildman–Crippen MR) is 83.0 cm³/mol. The summed E-state index contributed by atoms with van der Waals surface area (Å²) in [6.07, 6.45) is 1.12. The summed E-state index contributed by atoms with van der Waals surface area (Å²) in [5.74, 6) is -0.742. The zero-order valence-electron chi connectivity index (χ0n) is 12.1. The van der Waals surface area contributed by atoms with E-state index in [-0.39, 0.29) is 22.8 Å². The Labute approximate surface area is 132 Å². The van der Waals surface area contributed by atoms with Gasteiger partial charge in [-0.25, -0.2) is 13.2 Å². The van der Waals surface area contributed by atoms with Crippen molar-refractivity contribution in [3.05, 3.63) is 69.8 Å². The Bertz CT molecular complexity index is 843. The van der Waals surface area contributed by atoms with Crippen molar-refractivity contribution >= 4 is 21.5 Å². The van der Waals surface area contributed by atoms with Gasteiger partial charge in [-0.3, -0.25) is 10.1 Å². The topological polar surface area (TPSA) is 104 Å². The molecule has 2 aromatic carbocycles. The number of carbonyl (C=O) groups is 1. The summed E-state index contributed by atoms with van der Waals surface area (Å²) in [6, 6.07) is 11.2. The molecular weight excluding hydrogens is 322 g/mol. The molecule has 0 spiro atoms. The third-order valence-electron chi connectivity index (χ3n) is 2.86. The van der Waals surface area contributed by atoms with Crippen LogP contribution >= 0.6 is 0 Å². The zero-order chi connectivity index (χ0) is 17.0. The van der Waals surface area contributed by atoms with E-state index < -0.39 is 20.7 Å². The minimum atomic E-state index is -3.15. The molecule has 0 aliphatic rings. The fraction of sp³-hybridized carbons (Fsp3) is 0.133. The normalized spacial score (nSPS) is 11.0. The molecule has 0 fully saturated rings. The Morgan fingerprint density at radius 3 is 2.39 bits per heavy atom. The number of rotatable bonds is 5. The molecule has 0 aliphatic heterocycles. The quantitative estimate of drug-likeness (QED) is 0.359. The van der Waals surface area contributed by atoms with Crippen molar-refractivity contribution in [1.29, 1.82) is 0 Å². The average Bonchev–Trinajstić information content (AvgIpc) is 2.46. The lowest BCUT2D eigenvalue weighted by Crippen LogP contribution is -2.09. The second-order valence-electron chi connectivity index (χ2n) is 4.91. The molecule has 0 heterocycles. The van der Waals surface area contributed by atoms with E-state index >= 15 is 0 Å². The summed E-state index contributed by atoms with van der Waals surface area (Å²) in [7, 11) is -3.15. The number of hydrogen-bond donors (Lipinski definition) is 0. The summed E-state index contributed by atoms with van der Waals surface area (Å²) in [6.45, 7) is 0. The second-order valence-corrected chi connectivity index (χ2v) is 7.05. The minimum absolute atomic E-state index is 0.0596. The van der Waals surface area contributed by atoms with Crippen molar-refractivity contribution in [2.75, 3.05) is 6.26 Å². The van der Waals surface area contributed by atoms with Crippen molar-refractivity contribution < 1.29 is 22.9 Å². The highest BCUT2D eigenvalue weighted by atomic mass is 32.2. The molecule has 8 heteroatoms. The summed E-state index contributed by atoms with van der Waals surface area (Å²) in [4.78, 5) is 22.1. The lowest BCUT2D eigenvalue weighted by Gasteiger charge is -2.05. The number of benzene rings is 2. The van der Waals surface area contributed by atoms with Gasteiger partial charge in [-0.05, 0) is 23.8 Å². The van der Waals surface area contributed by atoms with Crippen LogP contribution in [0.15, 0.2) is 48.5 Å². The largest absolute Gasteiger partial charge is 0.423 e. The summed E-state index contributed by atoms with van der Waals surface area (Å²) in [5.41, 5.74) is 0.590.